The molecule has 1 amide bonds. The third kappa shape index (κ3) is 10.9. The zero-order valence-electron chi connectivity index (χ0n) is 6.71. The Morgan fingerprint density at radius 3 is 1.90 bits per heavy atom. The van der Waals surface area contributed by atoms with Gasteiger partial charge in [0, 0.05) is 0 Å². The summed E-state index contributed by atoms with van der Waals surface area (Å²) < 4.78 is 0. The summed E-state index contributed by atoms with van der Waals surface area (Å²) in [5.41, 5.74) is -0.430. The van der Waals surface area contributed by atoms with Crippen molar-refractivity contribution in [3.63, 3.8) is 0 Å². The van der Waals surface area contributed by atoms with E-state index in [1.165, 1.54) is 0 Å². The van der Waals surface area contributed by atoms with E-state index in [2.05, 4.69) is 10.2 Å². The predicted molar refractivity (Wildman–Crippen MR) is 30.0 cm³/mol. The second-order valence-corrected chi connectivity index (χ2v) is 2.64. The standard InChI is InChI=1S/C5H10N2O2.Na/c1-5(2,3)7-6-4(8)9;/h1-3H3,(H,8,9);/q;+1/p-1/b7-6+;. The second-order valence-electron chi connectivity index (χ2n) is 2.64. The Morgan fingerprint density at radius 1 is 1.40 bits per heavy atom. The number of amides is 1. The average molecular weight is 152 g/mol. The third-order valence-corrected chi connectivity index (χ3v) is 0.432. The topological polar surface area (TPSA) is 64.8 Å². The van der Waals surface area contributed by atoms with Crippen LogP contribution < -0.4 is 34.7 Å². The van der Waals surface area contributed by atoms with Gasteiger partial charge in [-0.15, -0.1) is 5.11 Å². The minimum absolute atomic E-state index is 0. The van der Waals surface area contributed by atoms with Gasteiger partial charge in [-0.1, -0.05) is 0 Å². The predicted octanol–water partition coefficient (Wildman–Crippen LogP) is -2.42. The van der Waals surface area contributed by atoms with Crippen molar-refractivity contribution in [3.05, 3.63) is 0 Å². The molecule has 0 unspecified atom stereocenters. The maximum atomic E-state index is 9.67. The summed E-state index contributed by atoms with van der Waals surface area (Å²) in [5, 5.41) is 15.9. The number of carbonyl (C=O) groups excluding carboxylic acids is 1. The van der Waals surface area contributed by atoms with Gasteiger partial charge < -0.3 is 9.90 Å². The first-order valence-electron chi connectivity index (χ1n) is 2.56. The fraction of sp³-hybridized carbons (Fsp3) is 0.800. The fourth-order valence-electron chi connectivity index (χ4n) is 0.191. The van der Waals surface area contributed by atoms with Crippen LogP contribution in [0.5, 0.6) is 0 Å². The molecule has 0 saturated heterocycles. The van der Waals surface area contributed by atoms with Gasteiger partial charge in [-0.05, 0) is 20.8 Å². The van der Waals surface area contributed by atoms with Gasteiger partial charge in [0.05, 0.1) is 5.54 Å². The number of hydrogen-bond donors (Lipinski definition) is 0. The van der Waals surface area contributed by atoms with Gasteiger partial charge in [0.1, 0.15) is 0 Å². The molecule has 0 aliphatic carbocycles. The average Bonchev–Trinajstić information content (AvgIpc) is 1.59. The van der Waals surface area contributed by atoms with Crippen LogP contribution in [0, 0.1) is 0 Å². The minimum atomic E-state index is -1.50. The Morgan fingerprint density at radius 2 is 1.80 bits per heavy atom. The summed E-state index contributed by atoms with van der Waals surface area (Å²) in [6, 6.07) is 0. The molecular formula is C5H9N2NaO2. The number of carbonyl (C=O) groups is 1. The summed E-state index contributed by atoms with van der Waals surface area (Å²) >= 11 is 0. The molecule has 5 heteroatoms. The van der Waals surface area contributed by atoms with E-state index < -0.39 is 11.6 Å². The van der Waals surface area contributed by atoms with E-state index in [1.807, 2.05) is 0 Å². The molecule has 0 fully saturated rings. The van der Waals surface area contributed by atoms with Crippen LogP contribution in [0.3, 0.4) is 0 Å². The molecule has 0 spiro atoms. The van der Waals surface area contributed by atoms with Crippen molar-refractivity contribution in [1.29, 1.82) is 0 Å². The summed E-state index contributed by atoms with van der Waals surface area (Å²) in [4.78, 5) is 9.67. The number of hydrogen-bond acceptors (Lipinski definition) is 3. The quantitative estimate of drug-likeness (QED) is 0.286. The van der Waals surface area contributed by atoms with E-state index in [0.29, 0.717) is 0 Å². The zero-order chi connectivity index (χ0) is 7.49. The smallest absolute Gasteiger partial charge is 0.527 e. The zero-order valence-corrected chi connectivity index (χ0v) is 8.71. The Balaban J connectivity index is 0. The molecule has 0 N–H and O–H groups in total. The molecule has 0 atom stereocenters. The Labute approximate surface area is 82.0 Å². The molecule has 0 radical (unpaired) electrons. The minimum Gasteiger partial charge on any atom is -0.527 e. The SMILES string of the molecule is CC(C)(C)/N=N/C(=O)[O-].[Na+]. The normalized spacial score (nSPS) is 11.1. The van der Waals surface area contributed by atoms with Crippen LogP contribution in [0.4, 0.5) is 4.79 Å². The van der Waals surface area contributed by atoms with Gasteiger partial charge >= 0.3 is 29.6 Å². The molecular weight excluding hydrogens is 143 g/mol. The van der Waals surface area contributed by atoms with Crippen molar-refractivity contribution in [2.24, 2.45) is 10.2 Å². The maximum absolute atomic E-state index is 9.67. The van der Waals surface area contributed by atoms with Gasteiger partial charge in [0.25, 0.3) is 0 Å². The van der Waals surface area contributed by atoms with E-state index in [4.69, 9.17) is 0 Å². The van der Waals surface area contributed by atoms with Crippen LogP contribution in [-0.4, -0.2) is 11.6 Å². The molecule has 0 rings (SSSR count). The monoisotopic (exact) mass is 152 g/mol. The third-order valence-electron chi connectivity index (χ3n) is 0.432. The fourth-order valence-corrected chi connectivity index (χ4v) is 0.191. The van der Waals surface area contributed by atoms with Crippen molar-refractivity contribution < 1.29 is 39.5 Å². The van der Waals surface area contributed by atoms with Gasteiger partial charge in [0.15, 0.2) is 6.09 Å². The number of rotatable bonds is 0. The summed E-state index contributed by atoms with van der Waals surface area (Å²) in [7, 11) is 0. The Kier molecular flexibility index (Phi) is 6.13. The summed E-state index contributed by atoms with van der Waals surface area (Å²) in [6.07, 6.45) is -1.50. The first-order valence-corrected chi connectivity index (χ1v) is 2.56. The van der Waals surface area contributed by atoms with Crippen LogP contribution in [0.2, 0.25) is 0 Å². The van der Waals surface area contributed by atoms with Crippen LogP contribution in [0.25, 0.3) is 0 Å². The molecule has 0 aromatic heterocycles. The van der Waals surface area contributed by atoms with E-state index in [0.717, 1.165) is 0 Å². The molecule has 4 nitrogen and oxygen atoms in total. The van der Waals surface area contributed by atoms with Crippen molar-refractivity contribution in [2.45, 2.75) is 26.3 Å². The largest absolute Gasteiger partial charge is 1.00 e. The van der Waals surface area contributed by atoms with Gasteiger partial charge in [-0.2, -0.15) is 5.11 Å². The first kappa shape index (κ1) is 12.7. The molecule has 0 aliphatic heterocycles. The first-order chi connectivity index (χ1) is 3.92. The number of carboxylic acid groups (broad SMARTS) is 1. The molecule has 10 heavy (non-hydrogen) atoms. The number of azo groups is 1. The second kappa shape index (κ2) is 4.82. The van der Waals surface area contributed by atoms with Crippen LogP contribution in [0.1, 0.15) is 20.8 Å². The van der Waals surface area contributed by atoms with Crippen molar-refractivity contribution >= 4 is 6.09 Å². The Bertz CT molecular complexity index is 139. The van der Waals surface area contributed by atoms with E-state index in [9.17, 15) is 9.90 Å². The van der Waals surface area contributed by atoms with E-state index in [1.54, 1.807) is 20.8 Å². The molecule has 0 saturated carbocycles. The van der Waals surface area contributed by atoms with Gasteiger partial charge in [0.2, 0.25) is 0 Å². The molecule has 0 aromatic carbocycles. The van der Waals surface area contributed by atoms with Crippen LogP contribution in [-0.2, 0) is 0 Å². The Hall–Kier alpha value is 0.0700. The van der Waals surface area contributed by atoms with Crippen molar-refractivity contribution in [2.75, 3.05) is 0 Å². The summed E-state index contributed by atoms with van der Waals surface area (Å²) in [5.74, 6) is 0. The maximum Gasteiger partial charge on any atom is 1.00 e. The van der Waals surface area contributed by atoms with Crippen molar-refractivity contribution in [1.82, 2.24) is 0 Å². The van der Waals surface area contributed by atoms with Crippen LogP contribution in [0.15, 0.2) is 10.2 Å². The molecule has 0 bridgehead atoms. The van der Waals surface area contributed by atoms with Crippen molar-refractivity contribution in [3.8, 4) is 0 Å². The number of nitrogens with zero attached hydrogens (tertiary/aromatic N) is 2. The molecule has 0 aromatic rings. The van der Waals surface area contributed by atoms with Crippen LogP contribution >= 0.6 is 0 Å². The van der Waals surface area contributed by atoms with Gasteiger partial charge in [-0.25, -0.2) is 0 Å². The molecule has 52 valence electrons. The van der Waals surface area contributed by atoms with E-state index in [-0.39, 0.29) is 29.6 Å². The summed E-state index contributed by atoms with van der Waals surface area (Å²) in [6.45, 7) is 5.25. The molecule has 0 aliphatic rings. The molecule has 0 heterocycles. The van der Waals surface area contributed by atoms with Gasteiger partial charge in [-0.3, -0.25) is 0 Å². The van der Waals surface area contributed by atoms with E-state index >= 15 is 0 Å².